The van der Waals surface area contributed by atoms with E-state index in [0.717, 1.165) is 57.5 Å². The molecule has 0 spiro atoms. The molecule has 0 unspecified atom stereocenters. The standard InChI is InChI=1S/C28H35N3O2/c32-27(29-26-13-12-22-10-7-11-23(22)17-26)24-16-25(28(33)31-14-5-2-6-15-31)20-30(19-24)18-21-8-3-1-4-9-21/h1,3-4,8-9,12-13,17,24-25H,2,5-7,10-11,14-16,18-20H2,(H,29,32)/t24-,25+/m1/s1. The van der Waals surface area contributed by atoms with Crippen LogP contribution in [0.25, 0.3) is 0 Å². The van der Waals surface area contributed by atoms with Gasteiger partial charge in [0.05, 0.1) is 11.8 Å². The molecule has 2 aliphatic heterocycles. The van der Waals surface area contributed by atoms with Gasteiger partial charge in [0.1, 0.15) is 0 Å². The van der Waals surface area contributed by atoms with Crippen LogP contribution in [0.1, 0.15) is 48.8 Å². The molecule has 2 amide bonds. The van der Waals surface area contributed by atoms with Crippen molar-refractivity contribution in [1.82, 2.24) is 9.80 Å². The monoisotopic (exact) mass is 445 g/mol. The minimum Gasteiger partial charge on any atom is -0.342 e. The number of fused-ring (bicyclic) bond motifs is 1. The van der Waals surface area contributed by atoms with Crippen molar-refractivity contribution < 1.29 is 9.59 Å². The Hall–Kier alpha value is -2.66. The predicted molar refractivity (Wildman–Crippen MR) is 131 cm³/mol. The number of piperidine rings is 2. The Morgan fingerprint density at radius 1 is 0.848 bits per heavy atom. The predicted octanol–water partition coefficient (Wildman–Crippen LogP) is 4.26. The van der Waals surface area contributed by atoms with Crippen LogP contribution in [0.4, 0.5) is 5.69 Å². The summed E-state index contributed by atoms with van der Waals surface area (Å²) < 4.78 is 0. The first-order valence-electron chi connectivity index (χ1n) is 12.6. The van der Waals surface area contributed by atoms with Gasteiger partial charge in [-0.05, 0) is 73.8 Å². The number of hydrogen-bond acceptors (Lipinski definition) is 3. The summed E-state index contributed by atoms with van der Waals surface area (Å²) in [6.45, 7) is 3.91. The maximum absolute atomic E-state index is 13.4. The molecule has 2 aromatic carbocycles. The Morgan fingerprint density at radius 2 is 1.61 bits per heavy atom. The zero-order valence-corrected chi connectivity index (χ0v) is 19.5. The van der Waals surface area contributed by atoms with Gasteiger partial charge in [-0.15, -0.1) is 0 Å². The van der Waals surface area contributed by atoms with E-state index in [-0.39, 0.29) is 23.7 Å². The van der Waals surface area contributed by atoms with Crippen molar-refractivity contribution in [2.75, 3.05) is 31.5 Å². The Kier molecular flexibility index (Phi) is 6.77. The average molecular weight is 446 g/mol. The molecule has 5 rings (SSSR count). The summed E-state index contributed by atoms with van der Waals surface area (Å²) in [6.07, 6.45) is 7.46. The molecule has 174 valence electrons. The molecule has 1 aliphatic carbocycles. The van der Waals surface area contributed by atoms with Crippen LogP contribution in [-0.2, 0) is 29.0 Å². The highest BCUT2D eigenvalue weighted by Gasteiger charge is 2.37. The molecule has 2 saturated heterocycles. The lowest BCUT2D eigenvalue weighted by atomic mass is 9.86. The number of nitrogens with one attached hydrogen (secondary N) is 1. The Labute approximate surface area is 197 Å². The van der Waals surface area contributed by atoms with Crippen molar-refractivity contribution >= 4 is 17.5 Å². The van der Waals surface area contributed by atoms with Gasteiger partial charge in [0.15, 0.2) is 0 Å². The number of rotatable bonds is 5. The molecule has 33 heavy (non-hydrogen) atoms. The molecule has 0 radical (unpaired) electrons. The van der Waals surface area contributed by atoms with E-state index in [1.54, 1.807) is 0 Å². The van der Waals surface area contributed by atoms with Gasteiger partial charge in [0.2, 0.25) is 11.8 Å². The topological polar surface area (TPSA) is 52.7 Å². The summed E-state index contributed by atoms with van der Waals surface area (Å²) in [5.74, 6) is -0.0178. The van der Waals surface area contributed by atoms with E-state index in [1.165, 1.54) is 29.5 Å². The van der Waals surface area contributed by atoms with Gasteiger partial charge in [0, 0.05) is 38.4 Å². The normalized spacial score (nSPS) is 23.2. The number of nitrogens with zero attached hydrogens (tertiary/aromatic N) is 2. The van der Waals surface area contributed by atoms with E-state index >= 15 is 0 Å². The molecule has 3 aliphatic rings. The first kappa shape index (κ1) is 22.1. The number of anilines is 1. The maximum atomic E-state index is 13.4. The summed E-state index contributed by atoms with van der Waals surface area (Å²) in [5.41, 5.74) is 4.88. The van der Waals surface area contributed by atoms with Crippen molar-refractivity contribution in [2.45, 2.75) is 51.5 Å². The van der Waals surface area contributed by atoms with Crippen molar-refractivity contribution in [3.05, 3.63) is 65.2 Å². The molecule has 0 saturated carbocycles. The first-order valence-corrected chi connectivity index (χ1v) is 12.6. The number of carbonyl (C=O) groups excluding carboxylic acids is 2. The van der Waals surface area contributed by atoms with Gasteiger partial charge in [-0.3, -0.25) is 14.5 Å². The van der Waals surface area contributed by atoms with E-state index in [0.29, 0.717) is 13.0 Å². The molecular formula is C28H35N3O2. The average Bonchev–Trinajstić information content (AvgIpc) is 3.32. The number of benzene rings is 2. The molecule has 2 aromatic rings. The fraction of sp³-hybridized carbons (Fsp3) is 0.500. The van der Waals surface area contributed by atoms with Gasteiger partial charge in [-0.1, -0.05) is 36.4 Å². The van der Waals surface area contributed by atoms with Crippen molar-refractivity contribution in [3.63, 3.8) is 0 Å². The fourth-order valence-electron chi connectivity index (χ4n) is 5.80. The molecule has 1 N–H and O–H groups in total. The van der Waals surface area contributed by atoms with Crippen LogP contribution >= 0.6 is 0 Å². The first-order chi connectivity index (χ1) is 16.2. The zero-order chi connectivity index (χ0) is 22.6. The zero-order valence-electron chi connectivity index (χ0n) is 19.5. The van der Waals surface area contributed by atoms with Crippen LogP contribution in [0.3, 0.4) is 0 Å². The quantitative estimate of drug-likeness (QED) is 0.748. The van der Waals surface area contributed by atoms with E-state index in [4.69, 9.17) is 0 Å². The van der Waals surface area contributed by atoms with E-state index < -0.39 is 0 Å². The maximum Gasteiger partial charge on any atom is 0.228 e. The molecular weight excluding hydrogens is 410 g/mol. The number of carbonyl (C=O) groups is 2. The van der Waals surface area contributed by atoms with Crippen molar-refractivity contribution in [1.29, 1.82) is 0 Å². The van der Waals surface area contributed by atoms with Crippen molar-refractivity contribution in [3.8, 4) is 0 Å². The second kappa shape index (κ2) is 10.1. The summed E-state index contributed by atoms with van der Waals surface area (Å²) in [4.78, 5) is 31.1. The van der Waals surface area contributed by atoms with Gasteiger partial charge in [-0.25, -0.2) is 0 Å². The summed E-state index contributed by atoms with van der Waals surface area (Å²) in [5, 5.41) is 3.17. The third-order valence-electron chi connectivity index (χ3n) is 7.53. The Bertz CT molecular complexity index is 984. The van der Waals surface area contributed by atoms with E-state index in [2.05, 4.69) is 34.5 Å². The second-order valence-corrected chi connectivity index (χ2v) is 10.0. The molecule has 0 aromatic heterocycles. The van der Waals surface area contributed by atoms with Gasteiger partial charge >= 0.3 is 0 Å². The molecule has 5 heteroatoms. The molecule has 5 nitrogen and oxygen atoms in total. The molecule has 0 bridgehead atoms. The highest BCUT2D eigenvalue weighted by atomic mass is 16.2. The third kappa shape index (κ3) is 5.30. The van der Waals surface area contributed by atoms with Crippen LogP contribution in [0, 0.1) is 11.8 Å². The van der Waals surface area contributed by atoms with E-state index in [1.807, 2.05) is 29.2 Å². The van der Waals surface area contributed by atoms with Gasteiger partial charge in [-0.2, -0.15) is 0 Å². The highest BCUT2D eigenvalue weighted by molar-refractivity contribution is 5.93. The SMILES string of the molecule is O=C(Nc1ccc2c(c1)CCC2)[C@@H]1C[C@H](C(=O)N2CCCCC2)CN(Cc2ccccc2)C1. The lowest BCUT2D eigenvalue weighted by Crippen LogP contribution is -2.50. The Morgan fingerprint density at radius 3 is 2.42 bits per heavy atom. The van der Waals surface area contributed by atoms with Crippen LogP contribution in [-0.4, -0.2) is 47.8 Å². The van der Waals surface area contributed by atoms with Gasteiger partial charge in [0.25, 0.3) is 0 Å². The lowest BCUT2D eigenvalue weighted by Gasteiger charge is -2.39. The number of aryl methyl sites for hydroxylation is 2. The van der Waals surface area contributed by atoms with Crippen LogP contribution in [0.15, 0.2) is 48.5 Å². The third-order valence-corrected chi connectivity index (χ3v) is 7.53. The van der Waals surface area contributed by atoms with Crippen LogP contribution in [0.2, 0.25) is 0 Å². The minimum atomic E-state index is -0.186. The lowest BCUT2D eigenvalue weighted by molar-refractivity contribution is -0.140. The summed E-state index contributed by atoms with van der Waals surface area (Å²) >= 11 is 0. The molecule has 2 fully saturated rings. The molecule has 2 heterocycles. The minimum absolute atomic E-state index is 0.0437. The van der Waals surface area contributed by atoms with Crippen molar-refractivity contribution in [2.24, 2.45) is 11.8 Å². The molecule has 2 atom stereocenters. The Balaban J connectivity index is 1.30. The smallest absolute Gasteiger partial charge is 0.228 e. The number of hydrogen-bond donors (Lipinski definition) is 1. The summed E-state index contributed by atoms with van der Waals surface area (Å²) in [7, 11) is 0. The fourth-order valence-corrected chi connectivity index (χ4v) is 5.80. The van der Waals surface area contributed by atoms with Crippen LogP contribution in [0.5, 0.6) is 0 Å². The highest BCUT2D eigenvalue weighted by Crippen LogP contribution is 2.29. The van der Waals surface area contributed by atoms with Crippen LogP contribution < -0.4 is 5.32 Å². The summed E-state index contributed by atoms with van der Waals surface area (Å²) in [6, 6.07) is 16.7. The number of likely N-dealkylation sites (tertiary alicyclic amines) is 2. The van der Waals surface area contributed by atoms with Gasteiger partial charge < -0.3 is 10.2 Å². The second-order valence-electron chi connectivity index (χ2n) is 10.0. The number of amides is 2. The van der Waals surface area contributed by atoms with E-state index in [9.17, 15) is 9.59 Å². The largest absolute Gasteiger partial charge is 0.342 e.